The Balaban J connectivity index is 3.42. The fourth-order valence-electron chi connectivity index (χ4n) is 3.55. The van der Waals surface area contributed by atoms with Crippen LogP contribution in [-0.4, -0.2) is 24.8 Å². The first-order chi connectivity index (χ1) is 12.1. The van der Waals surface area contributed by atoms with E-state index in [1.54, 1.807) is 0 Å². The molecule has 0 N–H and O–H groups in total. The molecule has 0 aliphatic heterocycles. The van der Waals surface area contributed by atoms with Gasteiger partial charge in [0.25, 0.3) is 0 Å². The zero-order valence-corrected chi connectivity index (χ0v) is 20.7. The average molecular weight is 461 g/mol. The Morgan fingerprint density at radius 3 is 1.32 bits per heavy atom. The second kappa shape index (κ2) is 17.7. The summed E-state index contributed by atoms with van der Waals surface area (Å²) in [5.74, 6) is 0.101. The van der Waals surface area contributed by atoms with Crippen LogP contribution in [0.25, 0.3) is 0 Å². The minimum absolute atomic E-state index is 0.101. The van der Waals surface area contributed by atoms with Crippen molar-refractivity contribution in [3.63, 3.8) is 0 Å². The predicted molar refractivity (Wildman–Crippen MR) is 114 cm³/mol. The Morgan fingerprint density at radius 2 is 0.960 bits per heavy atom. The van der Waals surface area contributed by atoms with Crippen LogP contribution in [0.2, 0.25) is 13.3 Å². The van der Waals surface area contributed by atoms with Crippen molar-refractivity contribution in [2.75, 3.05) is 0 Å². The summed E-state index contributed by atoms with van der Waals surface area (Å²) >= 11 is -2.51. The van der Waals surface area contributed by atoms with Crippen LogP contribution in [0.3, 0.4) is 0 Å². The van der Waals surface area contributed by atoms with Crippen LogP contribution in [0.1, 0.15) is 118 Å². The number of carbonyl (C=O) groups is 1. The molecule has 0 aromatic heterocycles. The quantitative estimate of drug-likeness (QED) is 0.153. The summed E-state index contributed by atoms with van der Waals surface area (Å²) in [5, 5.41) is 0. The molecule has 0 saturated carbocycles. The van der Waals surface area contributed by atoms with Gasteiger partial charge in [0, 0.05) is 0 Å². The van der Waals surface area contributed by atoms with Gasteiger partial charge in [-0.05, 0) is 0 Å². The number of hydrogen-bond acceptors (Lipinski definition) is 2. The Hall–Kier alpha value is 0.269. The van der Waals surface area contributed by atoms with Crippen LogP contribution in [0.5, 0.6) is 0 Å². The molecular formula is C22H46O2Sn. The molecule has 0 aromatic rings. The molecule has 2 nitrogen and oxygen atoms in total. The van der Waals surface area contributed by atoms with Crippen molar-refractivity contribution in [1.82, 2.24) is 0 Å². The number of rotatable bonds is 18. The van der Waals surface area contributed by atoms with Gasteiger partial charge in [-0.15, -0.1) is 0 Å². The molecule has 0 fully saturated rings. The van der Waals surface area contributed by atoms with Gasteiger partial charge in [-0.1, -0.05) is 32.6 Å². The van der Waals surface area contributed by atoms with Crippen molar-refractivity contribution in [3.8, 4) is 0 Å². The van der Waals surface area contributed by atoms with Gasteiger partial charge in [-0.2, -0.15) is 0 Å². The summed E-state index contributed by atoms with van der Waals surface area (Å²) in [6.07, 6.45) is 18.2. The molecule has 25 heavy (non-hydrogen) atoms. The van der Waals surface area contributed by atoms with Crippen molar-refractivity contribution in [3.05, 3.63) is 0 Å². The maximum atomic E-state index is 12.1. The summed E-state index contributed by atoms with van der Waals surface area (Å²) in [4.78, 5) is 12.1. The van der Waals surface area contributed by atoms with E-state index in [4.69, 9.17) is 3.07 Å². The Kier molecular flexibility index (Phi) is 17.9. The van der Waals surface area contributed by atoms with Crippen molar-refractivity contribution in [1.29, 1.82) is 0 Å². The van der Waals surface area contributed by atoms with E-state index in [1.807, 2.05) is 0 Å². The van der Waals surface area contributed by atoms with Crippen LogP contribution in [0, 0.1) is 0 Å². The van der Waals surface area contributed by atoms with E-state index in [-0.39, 0.29) is 5.97 Å². The third-order valence-corrected chi connectivity index (χ3v) is 18.7. The zero-order valence-electron chi connectivity index (χ0n) is 17.8. The van der Waals surface area contributed by atoms with Gasteiger partial charge in [0.1, 0.15) is 0 Å². The van der Waals surface area contributed by atoms with Crippen molar-refractivity contribution >= 4 is 24.8 Å². The maximum absolute atomic E-state index is 12.1. The van der Waals surface area contributed by atoms with E-state index in [0.29, 0.717) is 6.42 Å². The molecule has 0 spiro atoms. The number of hydrogen-bond donors (Lipinski definition) is 0. The van der Waals surface area contributed by atoms with Crippen LogP contribution in [0.4, 0.5) is 0 Å². The van der Waals surface area contributed by atoms with Crippen LogP contribution in [0.15, 0.2) is 0 Å². The Labute approximate surface area is 163 Å². The molecule has 0 aromatic carbocycles. The van der Waals surface area contributed by atoms with Gasteiger partial charge in [0.15, 0.2) is 0 Å². The van der Waals surface area contributed by atoms with Gasteiger partial charge >= 0.3 is 131 Å². The minimum atomic E-state index is -2.51. The predicted octanol–water partition coefficient (Wildman–Crippen LogP) is 8.02. The Morgan fingerprint density at radius 1 is 0.600 bits per heavy atom. The summed E-state index contributed by atoms with van der Waals surface area (Å²) in [6, 6.07) is 0. The van der Waals surface area contributed by atoms with Crippen LogP contribution < -0.4 is 0 Å². The molecule has 0 saturated heterocycles. The molecule has 0 rings (SSSR count). The van der Waals surface area contributed by atoms with Gasteiger partial charge in [0.05, 0.1) is 0 Å². The van der Waals surface area contributed by atoms with Gasteiger partial charge in [-0.3, -0.25) is 0 Å². The molecule has 0 aliphatic carbocycles. The SMILES string of the molecule is CCCCCCCCCCCCCCCC(=O)[O][Sn]([CH2]C)([CH2]C)[CH2]C. The van der Waals surface area contributed by atoms with E-state index in [9.17, 15) is 4.79 Å². The van der Waals surface area contributed by atoms with Gasteiger partial charge in [0.2, 0.25) is 0 Å². The first kappa shape index (κ1) is 25.3. The van der Waals surface area contributed by atoms with Gasteiger partial charge in [-0.25, -0.2) is 0 Å². The third-order valence-electron chi connectivity index (χ3n) is 5.75. The standard InChI is InChI=1S/C16H32O2.3C2H5.Sn/c1-2-3-4-5-6-7-8-9-10-11-12-13-14-15-16(17)18;3*1-2;/h2-15H2,1H3,(H,17,18);3*1H2,2H3;/q;;;;+1/p-1. The van der Waals surface area contributed by atoms with Crippen molar-refractivity contribution in [2.45, 2.75) is 131 Å². The third kappa shape index (κ3) is 14.0. The van der Waals surface area contributed by atoms with E-state index in [0.717, 1.165) is 19.7 Å². The van der Waals surface area contributed by atoms with Crippen molar-refractivity contribution in [2.24, 2.45) is 0 Å². The zero-order chi connectivity index (χ0) is 18.8. The van der Waals surface area contributed by atoms with E-state index in [2.05, 4.69) is 27.7 Å². The molecule has 0 unspecified atom stereocenters. The first-order valence-corrected chi connectivity index (χ1v) is 18.6. The normalized spacial score (nSPS) is 11.7. The molecular weight excluding hydrogens is 415 g/mol. The van der Waals surface area contributed by atoms with Crippen LogP contribution in [-0.2, 0) is 7.87 Å². The summed E-state index contributed by atoms with van der Waals surface area (Å²) in [5.41, 5.74) is 0. The number of unbranched alkanes of at least 4 members (excludes halogenated alkanes) is 12. The molecule has 0 aliphatic rings. The van der Waals surface area contributed by atoms with E-state index in [1.165, 1.54) is 77.0 Å². The Bertz CT molecular complexity index is 292. The fraction of sp³-hybridized carbons (Fsp3) is 0.955. The molecule has 0 radical (unpaired) electrons. The first-order valence-electron chi connectivity index (χ1n) is 11.4. The van der Waals surface area contributed by atoms with Crippen LogP contribution >= 0.6 is 0 Å². The molecule has 0 bridgehead atoms. The number of carbonyl (C=O) groups excluding carboxylic acids is 1. The summed E-state index contributed by atoms with van der Waals surface area (Å²) in [7, 11) is 0. The summed E-state index contributed by atoms with van der Waals surface area (Å²) < 4.78 is 9.36. The molecule has 0 heterocycles. The molecule has 0 atom stereocenters. The second-order valence-corrected chi connectivity index (χ2v) is 21.1. The topological polar surface area (TPSA) is 26.3 Å². The monoisotopic (exact) mass is 462 g/mol. The molecule has 0 amide bonds. The van der Waals surface area contributed by atoms with E-state index < -0.39 is 18.8 Å². The molecule has 3 heteroatoms. The van der Waals surface area contributed by atoms with E-state index >= 15 is 0 Å². The fourth-order valence-corrected chi connectivity index (χ4v) is 10.7. The molecule has 150 valence electrons. The van der Waals surface area contributed by atoms with Crippen molar-refractivity contribution < 1.29 is 7.87 Å². The second-order valence-electron chi connectivity index (χ2n) is 7.71. The van der Waals surface area contributed by atoms with Gasteiger partial charge < -0.3 is 0 Å². The average Bonchev–Trinajstić information content (AvgIpc) is 2.63. The summed E-state index contributed by atoms with van der Waals surface area (Å²) in [6.45, 7) is 8.91.